The standard InChI is InChI=1S/C43H45ClFN9O6/c44-32-19-29(4-1-25(32)22-46)60-28-5-2-27(3-6-28)53-38(55)10-8-35(42(53)59)54-40(57)30-20-33(45)36(21-31(30)41(54)58)50-17-13-43(14-18-50)23-52(24-43)26-11-15-51(16-12-26)37-9-7-34(39(47)56)48-49-37/h1,4,7,9,19-21,26-28,35H,2-3,5-6,8,10-18,23-24H2,(H2,47,56). The van der Waals surface area contributed by atoms with Gasteiger partial charge in [-0.15, -0.1) is 10.2 Å². The lowest BCUT2D eigenvalue weighted by molar-refractivity contribution is -0.155. The number of anilines is 2. The molecule has 5 fully saturated rings. The molecular weight excluding hydrogens is 793 g/mol. The number of rotatable bonds is 8. The van der Waals surface area contributed by atoms with E-state index in [4.69, 9.17) is 27.3 Å². The first kappa shape index (κ1) is 39.8. The number of nitrogens with zero attached hydrogens (tertiary/aromatic N) is 8. The van der Waals surface area contributed by atoms with Crippen LogP contribution in [0.25, 0.3) is 0 Å². The molecule has 2 aromatic carbocycles. The highest BCUT2D eigenvalue weighted by atomic mass is 35.5. The number of hydrogen-bond acceptors (Lipinski definition) is 12. The Balaban J connectivity index is 0.788. The molecule has 1 aliphatic carbocycles. The Morgan fingerprint density at radius 3 is 2.17 bits per heavy atom. The largest absolute Gasteiger partial charge is 0.490 e. The van der Waals surface area contributed by atoms with Crippen LogP contribution in [0.4, 0.5) is 15.9 Å². The number of benzene rings is 2. The molecule has 1 spiro atoms. The number of nitriles is 1. The van der Waals surface area contributed by atoms with E-state index in [0.717, 1.165) is 68.6 Å². The van der Waals surface area contributed by atoms with Crippen molar-refractivity contribution in [2.75, 3.05) is 49.1 Å². The molecule has 5 amide bonds. The van der Waals surface area contributed by atoms with E-state index in [2.05, 4.69) is 20.0 Å². The summed E-state index contributed by atoms with van der Waals surface area (Å²) < 4.78 is 21.9. The van der Waals surface area contributed by atoms with Crippen molar-refractivity contribution in [2.45, 2.75) is 88.4 Å². The molecule has 1 aromatic heterocycles. The summed E-state index contributed by atoms with van der Waals surface area (Å²) in [6.45, 7) is 4.85. The Hall–Kier alpha value is -5.66. The summed E-state index contributed by atoms with van der Waals surface area (Å²) in [5.74, 6) is -2.22. The topological polar surface area (TPSA) is 186 Å². The smallest absolute Gasteiger partial charge is 0.269 e. The van der Waals surface area contributed by atoms with Crippen molar-refractivity contribution < 1.29 is 33.1 Å². The van der Waals surface area contributed by atoms with E-state index in [1.807, 2.05) is 11.0 Å². The maximum atomic E-state index is 15.8. The molecule has 4 saturated heterocycles. The summed E-state index contributed by atoms with van der Waals surface area (Å²) in [6.07, 6.45) is 5.63. The molecule has 1 saturated carbocycles. The summed E-state index contributed by atoms with van der Waals surface area (Å²) in [6, 6.07) is 11.8. The van der Waals surface area contributed by atoms with Gasteiger partial charge in [0.15, 0.2) is 11.5 Å². The van der Waals surface area contributed by atoms with Crippen LogP contribution in [0.3, 0.4) is 0 Å². The molecule has 5 aliphatic heterocycles. The van der Waals surface area contributed by atoms with Crippen molar-refractivity contribution in [1.29, 1.82) is 5.26 Å². The van der Waals surface area contributed by atoms with Crippen molar-refractivity contribution >= 4 is 52.6 Å². The number of fused-ring (bicyclic) bond motifs is 1. The van der Waals surface area contributed by atoms with Gasteiger partial charge in [-0.05, 0) is 99.6 Å². The van der Waals surface area contributed by atoms with Gasteiger partial charge in [0.05, 0.1) is 33.5 Å². The summed E-state index contributed by atoms with van der Waals surface area (Å²) in [5.41, 5.74) is 6.22. The van der Waals surface area contributed by atoms with Crippen LogP contribution in [-0.2, 0) is 9.59 Å². The van der Waals surface area contributed by atoms with Gasteiger partial charge in [0.2, 0.25) is 5.91 Å². The first-order chi connectivity index (χ1) is 28.9. The minimum atomic E-state index is -1.16. The number of likely N-dealkylation sites (tertiary alicyclic amines) is 2. The third-order valence-electron chi connectivity index (χ3n) is 13.5. The van der Waals surface area contributed by atoms with Crippen LogP contribution >= 0.6 is 11.6 Å². The lowest BCUT2D eigenvalue weighted by Gasteiger charge is -2.57. The molecule has 0 radical (unpaired) electrons. The fourth-order valence-electron chi connectivity index (χ4n) is 10.2. The Morgan fingerprint density at radius 1 is 0.833 bits per heavy atom. The van der Waals surface area contributed by atoms with Crippen LogP contribution < -0.4 is 20.3 Å². The van der Waals surface area contributed by atoms with Crippen LogP contribution in [0.2, 0.25) is 5.02 Å². The van der Waals surface area contributed by atoms with E-state index in [-0.39, 0.29) is 52.8 Å². The van der Waals surface area contributed by atoms with Gasteiger partial charge in [-0.2, -0.15) is 5.26 Å². The lowest BCUT2D eigenvalue weighted by Crippen LogP contribution is -2.64. The molecule has 9 rings (SSSR count). The van der Waals surface area contributed by atoms with E-state index in [0.29, 0.717) is 61.2 Å². The van der Waals surface area contributed by atoms with Crippen LogP contribution in [-0.4, -0.2) is 118 Å². The van der Waals surface area contributed by atoms with Gasteiger partial charge in [-0.1, -0.05) is 11.6 Å². The molecule has 6 aliphatic rings. The summed E-state index contributed by atoms with van der Waals surface area (Å²) in [4.78, 5) is 75.1. The van der Waals surface area contributed by atoms with Crippen LogP contribution in [0.1, 0.15) is 101 Å². The number of ether oxygens (including phenoxy) is 1. The SMILES string of the molecule is N#Cc1ccc(OC2CCC(N3C(=O)CCC(N4C(=O)c5cc(F)c(N6CCC7(CC6)CN(C6CCN(c8ccc(C(N)=O)nn8)CC6)C7)cc5C4=O)C3=O)CC2)cc1Cl. The van der Waals surface area contributed by atoms with Gasteiger partial charge in [0.1, 0.15) is 23.7 Å². The summed E-state index contributed by atoms with van der Waals surface area (Å²) in [5, 5.41) is 17.6. The van der Waals surface area contributed by atoms with E-state index in [1.165, 1.54) is 11.0 Å². The van der Waals surface area contributed by atoms with Gasteiger partial charge >= 0.3 is 0 Å². The molecule has 312 valence electrons. The zero-order chi connectivity index (χ0) is 41.9. The predicted octanol–water partition coefficient (Wildman–Crippen LogP) is 4.31. The molecule has 1 atom stereocenters. The van der Waals surface area contributed by atoms with Crippen molar-refractivity contribution in [3.63, 3.8) is 0 Å². The first-order valence-corrected chi connectivity index (χ1v) is 21.1. The summed E-state index contributed by atoms with van der Waals surface area (Å²) >= 11 is 6.17. The first-order valence-electron chi connectivity index (χ1n) is 20.7. The lowest BCUT2D eigenvalue weighted by atomic mass is 9.70. The number of hydrogen-bond donors (Lipinski definition) is 1. The van der Waals surface area contributed by atoms with Gasteiger partial charge < -0.3 is 20.3 Å². The molecule has 15 nitrogen and oxygen atoms in total. The Kier molecular flexibility index (Phi) is 10.4. The van der Waals surface area contributed by atoms with Gasteiger partial charge in [0.25, 0.3) is 23.6 Å². The van der Waals surface area contributed by atoms with Gasteiger partial charge in [0, 0.05) is 63.8 Å². The number of nitrogens with two attached hydrogens (primary N) is 1. The zero-order valence-corrected chi connectivity index (χ0v) is 33.8. The number of piperidine rings is 3. The number of imide groups is 2. The molecule has 3 aromatic rings. The van der Waals surface area contributed by atoms with Crippen LogP contribution in [0, 0.1) is 22.6 Å². The number of primary amides is 1. The van der Waals surface area contributed by atoms with E-state index < -0.39 is 41.5 Å². The normalized spacial score (nSPS) is 24.7. The average Bonchev–Trinajstić information content (AvgIpc) is 3.47. The van der Waals surface area contributed by atoms with Gasteiger partial charge in [-0.3, -0.25) is 38.7 Å². The molecule has 60 heavy (non-hydrogen) atoms. The molecule has 1 unspecified atom stereocenters. The number of amides is 5. The minimum absolute atomic E-state index is 0.000994. The van der Waals surface area contributed by atoms with Crippen LogP contribution in [0.15, 0.2) is 42.5 Å². The number of carbonyl (C=O) groups is 5. The third-order valence-corrected chi connectivity index (χ3v) is 13.9. The third kappa shape index (κ3) is 7.21. The Morgan fingerprint density at radius 2 is 1.53 bits per heavy atom. The number of carbonyl (C=O) groups excluding carboxylic acids is 5. The second-order valence-corrected chi connectivity index (χ2v) is 17.4. The molecule has 0 bridgehead atoms. The quantitative estimate of drug-likeness (QED) is 0.318. The van der Waals surface area contributed by atoms with Crippen molar-refractivity contribution in [1.82, 2.24) is 24.9 Å². The summed E-state index contributed by atoms with van der Waals surface area (Å²) in [7, 11) is 0. The minimum Gasteiger partial charge on any atom is -0.490 e. The van der Waals surface area contributed by atoms with Crippen LogP contribution in [0.5, 0.6) is 5.75 Å². The monoisotopic (exact) mass is 837 g/mol. The van der Waals surface area contributed by atoms with E-state index in [9.17, 15) is 24.0 Å². The Bertz CT molecular complexity index is 2290. The fourth-order valence-corrected chi connectivity index (χ4v) is 10.4. The molecule has 17 heteroatoms. The Labute approximate surface area is 351 Å². The molecule has 6 heterocycles. The van der Waals surface area contributed by atoms with Gasteiger partial charge in [-0.25, -0.2) is 4.39 Å². The molecule has 2 N–H and O–H groups in total. The number of halogens is 2. The maximum absolute atomic E-state index is 15.8. The second-order valence-electron chi connectivity index (χ2n) is 17.0. The number of aromatic nitrogens is 2. The van der Waals surface area contributed by atoms with Crippen molar-refractivity contribution in [3.05, 3.63) is 75.7 Å². The predicted molar refractivity (Wildman–Crippen MR) is 216 cm³/mol. The molecular formula is C43H45ClFN9O6. The van der Waals surface area contributed by atoms with E-state index >= 15 is 4.39 Å². The highest BCUT2D eigenvalue weighted by Crippen LogP contribution is 2.45. The zero-order valence-electron chi connectivity index (χ0n) is 33.0. The average molecular weight is 838 g/mol. The van der Waals surface area contributed by atoms with Crippen molar-refractivity contribution in [3.8, 4) is 11.8 Å². The fraction of sp³-hybridized carbons (Fsp3) is 0.488. The highest BCUT2D eigenvalue weighted by Gasteiger charge is 2.51. The maximum Gasteiger partial charge on any atom is 0.269 e. The van der Waals surface area contributed by atoms with Crippen molar-refractivity contribution in [2.24, 2.45) is 11.1 Å². The van der Waals surface area contributed by atoms with E-state index in [1.54, 1.807) is 30.3 Å². The highest BCUT2D eigenvalue weighted by molar-refractivity contribution is 6.31. The second kappa shape index (κ2) is 15.7.